The quantitative estimate of drug-likeness (QED) is 0.281. The molecular formula is C8H9N2NaS2. The van der Waals surface area contributed by atoms with Gasteiger partial charge in [-0.3, -0.25) is 5.01 Å². The van der Waals surface area contributed by atoms with Gasteiger partial charge in [0.2, 0.25) is 0 Å². The molecule has 1 N–H and O–H groups in total. The van der Waals surface area contributed by atoms with Gasteiger partial charge in [0.15, 0.2) is 0 Å². The maximum atomic E-state index is 4.73. The number of hydrazine groups is 1. The summed E-state index contributed by atoms with van der Waals surface area (Å²) in [5, 5.41) is 1.79. The summed E-state index contributed by atoms with van der Waals surface area (Å²) in [4.78, 5) is 0. The number of nitrogens with zero attached hydrogens (tertiary/aromatic N) is 1. The number of para-hydroxylation sites is 1. The fourth-order valence-electron chi connectivity index (χ4n) is 0.853. The third-order valence-electron chi connectivity index (χ3n) is 1.40. The van der Waals surface area contributed by atoms with Crippen LogP contribution in [0.15, 0.2) is 30.3 Å². The molecule has 0 aliphatic carbocycles. The van der Waals surface area contributed by atoms with E-state index in [1.54, 1.807) is 5.01 Å². The van der Waals surface area contributed by atoms with E-state index in [0.717, 1.165) is 5.69 Å². The molecule has 1 aromatic rings. The summed E-state index contributed by atoms with van der Waals surface area (Å²) >= 11 is 9.47. The van der Waals surface area contributed by atoms with Gasteiger partial charge in [0.25, 0.3) is 0 Å². The topological polar surface area (TPSA) is 15.3 Å². The molecule has 64 valence electrons. The van der Waals surface area contributed by atoms with Gasteiger partial charge in [0, 0.05) is 7.05 Å². The van der Waals surface area contributed by atoms with E-state index >= 15 is 0 Å². The van der Waals surface area contributed by atoms with Crippen LogP contribution in [-0.4, -0.2) is 11.4 Å². The van der Waals surface area contributed by atoms with Gasteiger partial charge in [-0.15, -0.1) is 0 Å². The fourth-order valence-corrected chi connectivity index (χ4v) is 1.13. The zero-order valence-electron chi connectivity index (χ0n) is 7.65. The number of nitrogens with one attached hydrogen (secondary N) is 1. The first-order valence-electron chi connectivity index (χ1n) is 3.46. The Balaban J connectivity index is 0.00000144. The van der Waals surface area contributed by atoms with Crippen LogP contribution in [0, 0.1) is 0 Å². The van der Waals surface area contributed by atoms with E-state index in [-0.39, 0.29) is 29.6 Å². The molecule has 1 rings (SSSR count). The molecule has 0 spiro atoms. The summed E-state index contributed by atoms with van der Waals surface area (Å²) in [5.74, 6) is 0. The van der Waals surface area contributed by atoms with Crippen LogP contribution in [0.5, 0.6) is 0 Å². The maximum absolute atomic E-state index is 4.73. The zero-order valence-corrected chi connectivity index (χ0v) is 11.3. The van der Waals surface area contributed by atoms with E-state index < -0.39 is 0 Å². The van der Waals surface area contributed by atoms with Gasteiger partial charge >= 0.3 is 29.6 Å². The molecule has 2 nitrogen and oxygen atoms in total. The van der Waals surface area contributed by atoms with Crippen molar-refractivity contribution in [3.8, 4) is 0 Å². The number of thiocarbonyl (C=S) groups is 1. The second-order valence-electron chi connectivity index (χ2n) is 2.29. The average Bonchev–Trinajstić information content (AvgIpc) is 2.05. The molecule has 0 saturated heterocycles. The molecule has 5 heteroatoms. The van der Waals surface area contributed by atoms with E-state index in [1.807, 2.05) is 37.4 Å². The Hall–Kier alpha value is 0.130. The summed E-state index contributed by atoms with van der Waals surface area (Å²) in [6, 6.07) is 9.82. The third kappa shape index (κ3) is 4.78. The molecule has 0 heterocycles. The minimum atomic E-state index is 0. The van der Waals surface area contributed by atoms with Crippen LogP contribution < -0.4 is 40.0 Å². The normalized spacial score (nSPS) is 8.38. The minimum Gasteiger partial charge on any atom is -0.410 e. The smallest absolute Gasteiger partial charge is 0.410 e. The van der Waals surface area contributed by atoms with Crippen molar-refractivity contribution in [1.29, 1.82) is 0 Å². The first kappa shape index (κ1) is 13.1. The van der Waals surface area contributed by atoms with E-state index in [2.05, 4.69) is 5.43 Å². The predicted octanol–water partition coefficient (Wildman–Crippen LogP) is -1.54. The number of hydrogen-bond acceptors (Lipinski definition) is 3. The van der Waals surface area contributed by atoms with Crippen molar-refractivity contribution in [2.24, 2.45) is 0 Å². The first-order valence-corrected chi connectivity index (χ1v) is 4.28. The van der Waals surface area contributed by atoms with Gasteiger partial charge < -0.3 is 30.3 Å². The van der Waals surface area contributed by atoms with E-state index in [1.165, 1.54) is 0 Å². The van der Waals surface area contributed by atoms with Crippen molar-refractivity contribution in [1.82, 2.24) is 5.43 Å². The molecular weight excluding hydrogens is 211 g/mol. The first-order chi connectivity index (χ1) is 5.70. The Bertz CT molecular complexity index is 266. The van der Waals surface area contributed by atoms with Gasteiger partial charge in [-0.2, -0.15) is 0 Å². The largest absolute Gasteiger partial charge is 1.00 e. The Morgan fingerprint density at radius 2 is 1.92 bits per heavy atom. The molecule has 0 radical (unpaired) electrons. The van der Waals surface area contributed by atoms with Crippen LogP contribution in [-0.2, 0) is 12.6 Å². The minimum absolute atomic E-state index is 0. The molecule has 0 aliphatic heterocycles. The summed E-state index contributed by atoms with van der Waals surface area (Å²) < 4.78 is 0.348. The van der Waals surface area contributed by atoms with E-state index in [0.29, 0.717) is 4.32 Å². The van der Waals surface area contributed by atoms with Crippen LogP contribution in [0.1, 0.15) is 0 Å². The second kappa shape index (κ2) is 6.56. The third-order valence-corrected chi connectivity index (χ3v) is 1.59. The van der Waals surface area contributed by atoms with Gasteiger partial charge in [-0.05, 0) is 16.5 Å². The summed E-state index contributed by atoms with van der Waals surface area (Å²) in [5.41, 5.74) is 3.87. The molecule has 0 atom stereocenters. The predicted molar refractivity (Wildman–Crippen MR) is 57.9 cm³/mol. The van der Waals surface area contributed by atoms with Gasteiger partial charge in [0.1, 0.15) is 0 Å². The summed E-state index contributed by atoms with van der Waals surface area (Å²) in [6.07, 6.45) is 0. The van der Waals surface area contributed by atoms with Gasteiger partial charge in [0.05, 0.1) is 5.69 Å². The van der Waals surface area contributed by atoms with Crippen molar-refractivity contribution in [2.45, 2.75) is 0 Å². The van der Waals surface area contributed by atoms with Crippen molar-refractivity contribution >= 4 is 34.9 Å². The average molecular weight is 220 g/mol. The molecule has 0 aliphatic rings. The standard InChI is InChI=1S/C8H10N2S2.Na/c1-10(9-8(11)12)7-5-3-2-4-6-7;/h2-6H,1H3,(H2,9,11,12);/q;+1/p-1. The van der Waals surface area contributed by atoms with Crippen molar-refractivity contribution in [3.05, 3.63) is 30.3 Å². The van der Waals surface area contributed by atoms with E-state index in [9.17, 15) is 0 Å². The van der Waals surface area contributed by atoms with Gasteiger partial charge in [-0.25, -0.2) is 0 Å². The number of anilines is 1. The molecule has 0 unspecified atom stereocenters. The number of hydrogen-bond donors (Lipinski definition) is 1. The van der Waals surface area contributed by atoms with Crippen LogP contribution >= 0.6 is 12.2 Å². The van der Waals surface area contributed by atoms with Crippen LogP contribution in [0.4, 0.5) is 5.69 Å². The fraction of sp³-hybridized carbons (Fsp3) is 0.125. The Labute approximate surface area is 111 Å². The molecule has 0 amide bonds. The Morgan fingerprint density at radius 3 is 2.38 bits per heavy atom. The SMILES string of the molecule is CN(NC(=S)[S-])c1ccccc1.[Na+]. The summed E-state index contributed by atoms with van der Waals surface area (Å²) in [7, 11) is 1.87. The van der Waals surface area contributed by atoms with Crippen LogP contribution in [0.3, 0.4) is 0 Å². The number of rotatable bonds is 2. The van der Waals surface area contributed by atoms with Crippen molar-refractivity contribution in [2.75, 3.05) is 12.1 Å². The molecule has 0 bridgehead atoms. The second-order valence-corrected chi connectivity index (χ2v) is 3.37. The molecule has 0 aromatic heterocycles. The van der Waals surface area contributed by atoms with E-state index in [4.69, 9.17) is 24.8 Å². The van der Waals surface area contributed by atoms with Crippen LogP contribution in [0.2, 0.25) is 0 Å². The Morgan fingerprint density at radius 1 is 1.38 bits per heavy atom. The monoisotopic (exact) mass is 220 g/mol. The summed E-state index contributed by atoms with van der Waals surface area (Å²) in [6.45, 7) is 0. The van der Waals surface area contributed by atoms with Crippen molar-refractivity contribution < 1.29 is 29.6 Å². The zero-order chi connectivity index (χ0) is 8.97. The molecule has 13 heavy (non-hydrogen) atoms. The van der Waals surface area contributed by atoms with Gasteiger partial charge in [-0.1, -0.05) is 18.2 Å². The van der Waals surface area contributed by atoms with Crippen molar-refractivity contribution in [3.63, 3.8) is 0 Å². The van der Waals surface area contributed by atoms with Crippen LogP contribution in [0.25, 0.3) is 0 Å². The molecule has 1 aromatic carbocycles. The number of benzene rings is 1. The molecule has 0 saturated carbocycles. The Kier molecular flexibility index (Phi) is 6.63. The maximum Gasteiger partial charge on any atom is 1.00 e. The molecule has 0 fully saturated rings.